The first-order valence-corrected chi connectivity index (χ1v) is 8.38. The van der Waals surface area contributed by atoms with Gasteiger partial charge >= 0.3 is 0 Å². The molecule has 0 amide bonds. The Morgan fingerprint density at radius 3 is 2.42 bits per heavy atom. The van der Waals surface area contributed by atoms with E-state index in [1.54, 1.807) is 0 Å². The van der Waals surface area contributed by atoms with Crippen LogP contribution in [0.5, 0.6) is 0 Å². The fourth-order valence-corrected chi connectivity index (χ4v) is 3.76. The van der Waals surface area contributed by atoms with Crippen LogP contribution in [0.15, 0.2) is 34.8 Å². The molecule has 19 heavy (non-hydrogen) atoms. The average molecular weight is 450 g/mol. The summed E-state index contributed by atoms with van der Waals surface area (Å²) in [5, 5.41) is -0.105. The minimum Gasteiger partial charge on any atom is -0.113 e. The van der Waals surface area contributed by atoms with Crippen LogP contribution in [0, 0.1) is 24.3 Å². The zero-order valence-electron chi connectivity index (χ0n) is 11.1. The first-order chi connectivity index (χ1) is 8.91. The van der Waals surface area contributed by atoms with E-state index in [9.17, 15) is 0 Å². The van der Waals surface area contributed by atoms with E-state index < -0.39 is 0 Å². The van der Waals surface area contributed by atoms with Crippen LogP contribution in [0.1, 0.15) is 33.2 Å². The summed E-state index contributed by atoms with van der Waals surface area (Å²) in [5.41, 5.74) is 6.09. The van der Waals surface area contributed by atoms with Crippen LogP contribution in [0.3, 0.4) is 0 Å². The Kier molecular flexibility index (Phi) is 4.96. The Balaban J connectivity index is 2.56. The fraction of sp³-hybridized carbons (Fsp3) is 0.250. The van der Waals surface area contributed by atoms with Crippen molar-refractivity contribution >= 4 is 50.1 Å². The van der Waals surface area contributed by atoms with Gasteiger partial charge in [0.15, 0.2) is 0 Å². The highest BCUT2D eigenvalue weighted by Gasteiger charge is 2.18. The standard InChI is InChI=1S/C16H15BrClI/c1-9-7-10(2)15(17)11(3)14(9)16(18)12-5-4-6-13(19)8-12/h4-8,16H,1-3H3. The highest BCUT2D eigenvalue weighted by molar-refractivity contribution is 14.1. The largest absolute Gasteiger partial charge is 0.113 e. The first-order valence-electron chi connectivity index (χ1n) is 6.07. The Hall–Kier alpha value is -0.0600. The SMILES string of the molecule is Cc1cc(C)c(C(Cl)c2cccc(I)c2)c(C)c1Br. The predicted octanol–water partition coefficient (Wildman–Crippen LogP) is 6.31. The molecule has 0 radical (unpaired) electrons. The van der Waals surface area contributed by atoms with E-state index in [1.165, 1.54) is 25.8 Å². The molecule has 2 aromatic rings. The lowest BCUT2D eigenvalue weighted by molar-refractivity contribution is 1.06. The van der Waals surface area contributed by atoms with Crippen molar-refractivity contribution in [2.24, 2.45) is 0 Å². The summed E-state index contributed by atoms with van der Waals surface area (Å²) in [6.45, 7) is 6.37. The topological polar surface area (TPSA) is 0 Å². The minimum absolute atomic E-state index is 0.105. The molecule has 0 bridgehead atoms. The quantitative estimate of drug-likeness (QED) is 0.372. The second kappa shape index (κ2) is 6.15. The Morgan fingerprint density at radius 1 is 1.11 bits per heavy atom. The van der Waals surface area contributed by atoms with Gasteiger partial charge in [-0.3, -0.25) is 0 Å². The van der Waals surface area contributed by atoms with Crippen LogP contribution >= 0.6 is 50.1 Å². The molecule has 3 heteroatoms. The summed E-state index contributed by atoms with van der Waals surface area (Å²) in [4.78, 5) is 0. The molecule has 0 nitrogen and oxygen atoms in total. The maximum Gasteiger partial charge on any atom is 0.0841 e. The zero-order valence-corrected chi connectivity index (χ0v) is 15.6. The number of benzene rings is 2. The summed E-state index contributed by atoms with van der Waals surface area (Å²) in [5.74, 6) is 0. The lowest BCUT2D eigenvalue weighted by Crippen LogP contribution is -2.02. The van der Waals surface area contributed by atoms with Gasteiger partial charge in [0.25, 0.3) is 0 Å². The number of aryl methyl sites for hydroxylation is 2. The highest BCUT2D eigenvalue weighted by Crippen LogP contribution is 2.37. The Morgan fingerprint density at radius 2 is 1.79 bits per heavy atom. The second-order valence-corrected chi connectivity index (χ2v) is 7.26. The van der Waals surface area contributed by atoms with Crippen LogP contribution < -0.4 is 0 Å². The molecule has 0 aliphatic rings. The smallest absolute Gasteiger partial charge is 0.0841 e. The lowest BCUT2D eigenvalue weighted by Gasteiger charge is -2.19. The molecule has 0 saturated heterocycles. The molecule has 1 atom stereocenters. The van der Waals surface area contributed by atoms with Crippen molar-refractivity contribution in [3.63, 3.8) is 0 Å². The molecule has 0 aromatic heterocycles. The van der Waals surface area contributed by atoms with Gasteiger partial charge in [0.05, 0.1) is 5.38 Å². The van der Waals surface area contributed by atoms with Gasteiger partial charge in [-0.05, 0) is 83.3 Å². The molecule has 0 spiro atoms. The van der Waals surface area contributed by atoms with Crippen molar-refractivity contribution in [3.05, 3.63) is 66.2 Å². The number of hydrogen-bond donors (Lipinski definition) is 0. The van der Waals surface area contributed by atoms with Gasteiger partial charge in [0.1, 0.15) is 0 Å². The summed E-state index contributed by atoms with van der Waals surface area (Å²) in [7, 11) is 0. The molecule has 0 heterocycles. The zero-order chi connectivity index (χ0) is 14.2. The maximum absolute atomic E-state index is 6.71. The van der Waals surface area contributed by atoms with E-state index in [4.69, 9.17) is 11.6 Å². The molecule has 0 saturated carbocycles. The summed E-state index contributed by atoms with van der Waals surface area (Å²) >= 11 is 12.7. The lowest BCUT2D eigenvalue weighted by atomic mass is 9.94. The molecule has 1 unspecified atom stereocenters. The maximum atomic E-state index is 6.71. The first kappa shape index (κ1) is 15.3. The van der Waals surface area contributed by atoms with Crippen molar-refractivity contribution in [1.82, 2.24) is 0 Å². The van der Waals surface area contributed by atoms with E-state index in [0.717, 1.165) is 10.0 Å². The molecular weight excluding hydrogens is 434 g/mol. The van der Waals surface area contributed by atoms with Gasteiger partial charge in [0, 0.05) is 8.04 Å². The highest BCUT2D eigenvalue weighted by atomic mass is 127. The third-order valence-electron chi connectivity index (χ3n) is 3.33. The fourth-order valence-electron chi connectivity index (χ4n) is 2.40. The molecule has 0 N–H and O–H groups in total. The molecule has 2 rings (SSSR count). The van der Waals surface area contributed by atoms with Gasteiger partial charge in [-0.2, -0.15) is 0 Å². The predicted molar refractivity (Wildman–Crippen MR) is 95.2 cm³/mol. The van der Waals surface area contributed by atoms with Crippen molar-refractivity contribution in [2.75, 3.05) is 0 Å². The molecular formula is C16H15BrClI. The summed E-state index contributed by atoms with van der Waals surface area (Å²) in [6.07, 6.45) is 0. The van der Waals surface area contributed by atoms with Gasteiger partial charge in [-0.25, -0.2) is 0 Å². The van der Waals surface area contributed by atoms with Gasteiger partial charge < -0.3 is 0 Å². The van der Waals surface area contributed by atoms with E-state index in [2.05, 4.69) is 89.6 Å². The Labute approximate surface area is 141 Å². The normalized spacial score (nSPS) is 12.5. The molecule has 0 aliphatic heterocycles. The monoisotopic (exact) mass is 448 g/mol. The van der Waals surface area contributed by atoms with E-state index in [0.29, 0.717) is 0 Å². The van der Waals surface area contributed by atoms with Crippen molar-refractivity contribution < 1.29 is 0 Å². The third kappa shape index (κ3) is 3.17. The van der Waals surface area contributed by atoms with E-state index in [-0.39, 0.29) is 5.38 Å². The van der Waals surface area contributed by atoms with Crippen LogP contribution in [-0.2, 0) is 0 Å². The van der Waals surface area contributed by atoms with Gasteiger partial charge in [-0.1, -0.05) is 34.1 Å². The second-order valence-electron chi connectivity index (χ2n) is 4.78. The number of hydrogen-bond acceptors (Lipinski definition) is 0. The third-order valence-corrected chi connectivity index (χ3v) is 5.69. The van der Waals surface area contributed by atoms with Crippen LogP contribution in [0.25, 0.3) is 0 Å². The van der Waals surface area contributed by atoms with E-state index >= 15 is 0 Å². The number of rotatable bonds is 2. The summed E-state index contributed by atoms with van der Waals surface area (Å²) < 4.78 is 2.37. The van der Waals surface area contributed by atoms with Crippen molar-refractivity contribution in [2.45, 2.75) is 26.1 Å². The van der Waals surface area contributed by atoms with Crippen LogP contribution in [-0.4, -0.2) is 0 Å². The number of halogens is 3. The van der Waals surface area contributed by atoms with Crippen molar-refractivity contribution in [3.8, 4) is 0 Å². The average Bonchev–Trinajstić information content (AvgIpc) is 2.36. The molecule has 100 valence electrons. The van der Waals surface area contributed by atoms with E-state index in [1.807, 2.05) is 0 Å². The molecule has 0 aliphatic carbocycles. The van der Waals surface area contributed by atoms with Crippen molar-refractivity contribution in [1.29, 1.82) is 0 Å². The van der Waals surface area contributed by atoms with Gasteiger partial charge in [-0.15, -0.1) is 11.6 Å². The van der Waals surface area contributed by atoms with Crippen LogP contribution in [0.2, 0.25) is 0 Å². The Bertz CT molecular complexity index is 622. The van der Waals surface area contributed by atoms with Crippen LogP contribution in [0.4, 0.5) is 0 Å². The number of alkyl halides is 1. The molecule has 2 aromatic carbocycles. The molecule has 0 fully saturated rings. The summed E-state index contributed by atoms with van der Waals surface area (Å²) in [6, 6.07) is 10.6. The minimum atomic E-state index is -0.105. The van der Waals surface area contributed by atoms with Gasteiger partial charge in [0.2, 0.25) is 0 Å².